The van der Waals surface area contributed by atoms with Crippen molar-refractivity contribution in [3.8, 4) is 0 Å². The summed E-state index contributed by atoms with van der Waals surface area (Å²) in [4.78, 5) is 0. The van der Waals surface area contributed by atoms with E-state index < -0.39 is 10.0 Å². The van der Waals surface area contributed by atoms with E-state index in [4.69, 9.17) is 0 Å². The normalized spacial score (nSPS) is 19.3. The maximum absolute atomic E-state index is 12.1. The fraction of sp³-hybridized carbons (Fsp3) is 1.00. The maximum atomic E-state index is 12.1. The van der Waals surface area contributed by atoms with Crippen molar-refractivity contribution in [1.82, 2.24) is 10.0 Å². The Labute approximate surface area is 106 Å². The third kappa shape index (κ3) is 4.56. The quantitative estimate of drug-likeness (QED) is 0.652. The van der Waals surface area contributed by atoms with Crippen LogP contribution < -0.4 is 10.0 Å². The summed E-state index contributed by atoms with van der Waals surface area (Å²) in [5, 5.41) is 2.77. The monoisotopic (exact) mass is 262 g/mol. The van der Waals surface area contributed by atoms with Gasteiger partial charge in [-0.25, -0.2) is 13.1 Å². The van der Waals surface area contributed by atoms with E-state index in [1.165, 1.54) is 0 Å². The first-order chi connectivity index (χ1) is 7.79. The van der Waals surface area contributed by atoms with Gasteiger partial charge in [0.15, 0.2) is 0 Å². The predicted molar refractivity (Wildman–Crippen MR) is 71.5 cm³/mol. The molecule has 0 spiro atoms. The smallest absolute Gasteiger partial charge is 0.215 e. The van der Waals surface area contributed by atoms with Crippen LogP contribution in [0.5, 0.6) is 0 Å². The Bertz CT molecular complexity index is 334. The summed E-state index contributed by atoms with van der Waals surface area (Å²) >= 11 is 0. The molecule has 1 saturated carbocycles. The van der Waals surface area contributed by atoms with Gasteiger partial charge < -0.3 is 5.32 Å². The van der Waals surface area contributed by atoms with Gasteiger partial charge in [0.1, 0.15) is 0 Å². The van der Waals surface area contributed by atoms with Crippen LogP contribution in [0.3, 0.4) is 0 Å². The molecular weight excluding hydrogens is 236 g/mol. The minimum absolute atomic E-state index is 0.294. The summed E-state index contributed by atoms with van der Waals surface area (Å²) in [6.07, 6.45) is 3.30. The summed E-state index contributed by atoms with van der Waals surface area (Å²) in [5.41, 5.74) is -0.294. The van der Waals surface area contributed by atoms with E-state index in [1.54, 1.807) is 6.92 Å². The van der Waals surface area contributed by atoms with E-state index in [-0.39, 0.29) is 10.8 Å². The van der Waals surface area contributed by atoms with Gasteiger partial charge in [-0.3, -0.25) is 0 Å². The Kier molecular flexibility index (Phi) is 4.98. The third-order valence-corrected chi connectivity index (χ3v) is 5.43. The molecule has 0 radical (unpaired) electrons. The molecule has 1 atom stereocenters. The van der Waals surface area contributed by atoms with Crippen LogP contribution in [0.4, 0.5) is 0 Å². The summed E-state index contributed by atoms with van der Waals surface area (Å²) in [6.45, 7) is 9.17. The van der Waals surface area contributed by atoms with Crippen molar-refractivity contribution >= 4 is 10.0 Å². The van der Waals surface area contributed by atoms with Crippen molar-refractivity contribution in [1.29, 1.82) is 0 Å². The van der Waals surface area contributed by atoms with Gasteiger partial charge in [-0.1, -0.05) is 6.92 Å². The van der Waals surface area contributed by atoms with Gasteiger partial charge in [-0.15, -0.1) is 0 Å². The fourth-order valence-electron chi connectivity index (χ4n) is 1.95. The Morgan fingerprint density at radius 3 is 2.41 bits per heavy atom. The van der Waals surface area contributed by atoms with Gasteiger partial charge in [-0.2, -0.15) is 0 Å². The number of sulfonamides is 1. The number of hydrogen-bond acceptors (Lipinski definition) is 3. The van der Waals surface area contributed by atoms with Gasteiger partial charge >= 0.3 is 0 Å². The Hall–Kier alpha value is -0.130. The molecule has 5 heteroatoms. The molecule has 102 valence electrons. The molecule has 4 nitrogen and oxygen atoms in total. The van der Waals surface area contributed by atoms with Crippen LogP contribution >= 0.6 is 0 Å². The van der Waals surface area contributed by atoms with Gasteiger partial charge in [0.2, 0.25) is 10.0 Å². The highest BCUT2D eigenvalue weighted by Crippen LogP contribution is 2.39. The molecule has 0 aromatic rings. The van der Waals surface area contributed by atoms with Crippen molar-refractivity contribution in [2.45, 2.75) is 57.7 Å². The summed E-state index contributed by atoms with van der Waals surface area (Å²) < 4.78 is 27.1. The van der Waals surface area contributed by atoms with Crippen molar-refractivity contribution < 1.29 is 8.42 Å². The second kappa shape index (κ2) is 5.67. The van der Waals surface area contributed by atoms with Crippen LogP contribution in [0.1, 0.15) is 47.0 Å². The Morgan fingerprint density at radius 1 is 1.35 bits per heavy atom. The third-order valence-electron chi connectivity index (χ3n) is 3.39. The predicted octanol–water partition coefficient (Wildman–Crippen LogP) is 1.48. The highest BCUT2D eigenvalue weighted by Gasteiger charge is 2.41. The van der Waals surface area contributed by atoms with Crippen LogP contribution in [0, 0.1) is 5.92 Å². The highest BCUT2D eigenvalue weighted by atomic mass is 32.2. The topological polar surface area (TPSA) is 58.2 Å². The van der Waals surface area contributed by atoms with Crippen LogP contribution in [0.15, 0.2) is 0 Å². The average molecular weight is 262 g/mol. The van der Waals surface area contributed by atoms with Crippen molar-refractivity contribution in [3.63, 3.8) is 0 Å². The molecule has 0 aromatic carbocycles. The zero-order valence-corrected chi connectivity index (χ0v) is 12.2. The molecule has 1 unspecified atom stereocenters. The molecule has 1 rings (SSSR count). The van der Waals surface area contributed by atoms with E-state index in [0.29, 0.717) is 12.5 Å². The molecule has 2 N–H and O–H groups in total. The average Bonchev–Trinajstić information content (AvgIpc) is 2.99. The number of nitrogens with one attached hydrogen (secondary N) is 2. The molecule has 17 heavy (non-hydrogen) atoms. The molecule has 1 fully saturated rings. The van der Waals surface area contributed by atoms with Gasteiger partial charge in [0.25, 0.3) is 0 Å². The lowest BCUT2D eigenvalue weighted by Gasteiger charge is -2.28. The molecule has 0 aromatic heterocycles. The van der Waals surface area contributed by atoms with E-state index in [9.17, 15) is 8.42 Å². The standard InChI is InChI=1S/C12H26N2O2S/c1-5-8-13-9-10(2)17(15,16)14-12(3,4)11-6-7-11/h10-11,13-14H,5-9H2,1-4H3. The number of hydrogen-bond donors (Lipinski definition) is 2. The largest absolute Gasteiger partial charge is 0.315 e. The minimum atomic E-state index is -3.22. The molecule has 1 aliphatic rings. The van der Waals surface area contributed by atoms with E-state index >= 15 is 0 Å². The summed E-state index contributed by atoms with van der Waals surface area (Å²) in [6, 6.07) is 0. The highest BCUT2D eigenvalue weighted by molar-refractivity contribution is 7.90. The fourth-order valence-corrected chi connectivity index (χ4v) is 3.39. The zero-order valence-electron chi connectivity index (χ0n) is 11.4. The lowest BCUT2D eigenvalue weighted by molar-refractivity contribution is 0.397. The Balaban J connectivity index is 2.49. The van der Waals surface area contributed by atoms with Crippen molar-refractivity contribution in [2.24, 2.45) is 5.92 Å². The van der Waals surface area contributed by atoms with Gasteiger partial charge in [-0.05, 0) is 52.5 Å². The molecule has 0 bridgehead atoms. The van der Waals surface area contributed by atoms with E-state index in [0.717, 1.165) is 25.8 Å². The maximum Gasteiger partial charge on any atom is 0.215 e. The lowest BCUT2D eigenvalue weighted by Crippen LogP contribution is -2.50. The molecule has 0 saturated heterocycles. The first-order valence-electron chi connectivity index (χ1n) is 6.53. The molecule has 0 heterocycles. The summed E-state index contributed by atoms with van der Waals surface area (Å²) in [5.74, 6) is 0.507. The van der Waals surface area contributed by atoms with Crippen molar-refractivity contribution in [3.05, 3.63) is 0 Å². The van der Waals surface area contributed by atoms with Crippen LogP contribution in [-0.4, -0.2) is 32.3 Å². The summed E-state index contributed by atoms with van der Waals surface area (Å²) in [7, 11) is -3.22. The minimum Gasteiger partial charge on any atom is -0.315 e. The van der Waals surface area contributed by atoms with Crippen LogP contribution in [0.2, 0.25) is 0 Å². The lowest BCUT2D eigenvalue weighted by atomic mass is 10.0. The molecular formula is C12H26N2O2S. The van der Waals surface area contributed by atoms with E-state index in [1.807, 2.05) is 13.8 Å². The van der Waals surface area contributed by atoms with E-state index in [2.05, 4.69) is 17.0 Å². The second-order valence-electron chi connectivity index (χ2n) is 5.66. The molecule has 1 aliphatic carbocycles. The first kappa shape index (κ1) is 14.9. The van der Waals surface area contributed by atoms with Crippen LogP contribution in [0.25, 0.3) is 0 Å². The molecule has 0 aliphatic heterocycles. The van der Waals surface area contributed by atoms with Gasteiger partial charge in [0.05, 0.1) is 5.25 Å². The first-order valence-corrected chi connectivity index (χ1v) is 8.07. The SMILES string of the molecule is CCCNCC(C)S(=O)(=O)NC(C)(C)C1CC1. The van der Waals surface area contributed by atoms with Crippen molar-refractivity contribution in [2.75, 3.05) is 13.1 Å². The second-order valence-corrected chi connectivity index (χ2v) is 7.76. The zero-order chi connectivity index (χ0) is 13.1. The Morgan fingerprint density at radius 2 is 1.94 bits per heavy atom. The van der Waals surface area contributed by atoms with Crippen LogP contribution in [-0.2, 0) is 10.0 Å². The van der Waals surface area contributed by atoms with Gasteiger partial charge in [0, 0.05) is 12.1 Å². The molecule has 0 amide bonds. The number of rotatable bonds is 8.